The second kappa shape index (κ2) is 6.42. The first kappa shape index (κ1) is 14.3. The van der Waals surface area contributed by atoms with Crippen molar-refractivity contribution in [2.24, 2.45) is 0 Å². The van der Waals surface area contributed by atoms with Gasteiger partial charge < -0.3 is 4.74 Å². The van der Waals surface area contributed by atoms with Crippen LogP contribution in [0.15, 0.2) is 48.5 Å². The Bertz CT molecular complexity index is 574. The van der Waals surface area contributed by atoms with Crippen molar-refractivity contribution >= 4 is 0 Å². The van der Waals surface area contributed by atoms with E-state index in [9.17, 15) is 0 Å². The van der Waals surface area contributed by atoms with Crippen molar-refractivity contribution < 1.29 is 4.74 Å². The van der Waals surface area contributed by atoms with Crippen molar-refractivity contribution in [2.75, 3.05) is 19.7 Å². The fourth-order valence-corrected chi connectivity index (χ4v) is 3.20. The maximum atomic E-state index is 6.05. The lowest BCUT2D eigenvalue weighted by molar-refractivity contribution is -0.0334. The first-order valence-electron chi connectivity index (χ1n) is 7.68. The minimum absolute atomic E-state index is 0.198. The zero-order chi connectivity index (χ0) is 14.7. The first-order valence-corrected chi connectivity index (χ1v) is 7.68. The lowest BCUT2D eigenvalue weighted by Crippen LogP contribution is -2.38. The van der Waals surface area contributed by atoms with Crippen LogP contribution in [-0.4, -0.2) is 24.6 Å². The van der Waals surface area contributed by atoms with E-state index < -0.39 is 0 Å². The van der Waals surface area contributed by atoms with Crippen LogP contribution >= 0.6 is 0 Å². The Morgan fingerprint density at radius 2 is 1.71 bits per heavy atom. The number of hydrogen-bond acceptors (Lipinski definition) is 2. The molecule has 0 radical (unpaired) electrons. The van der Waals surface area contributed by atoms with E-state index in [0.717, 1.165) is 26.2 Å². The summed E-state index contributed by atoms with van der Waals surface area (Å²) in [5, 5.41) is 0. The molecular formula is C19H23NO. The molecule has 1 atom stereocenters. The molecule has 110 valence electrons. The third-order valence-corrected chi connectivity index (χ3v) is 4.26. The average Bonchev–Trinajstić information content (AvgIpc) is 2.48. The Hall–Kier alpha value is -1.64. The summed E-state index contributed by atoms with van der Waals surface area (Å²) in [4.78, 5) is 2.50. The zero-order valence-corrected chi connectivity index (χ0v) is 12.9. The van der Waals surface area contributed by atoms with E-state index in [4.69, 9.17) is 4.74 Å². The van der Waals surface area contributed by atoms with Crippen LogP contribution in [0, 0.1) is 13.8 Å². The molecule has 1 aliphatic heterocycles. The second-order valence-electron chi connectivity index (χ2n) is 5.89. The fraction of sp³-hybridized carbons (Fsp3) is 0.368. The third kappa shape index (κ3) is 3.34. The zero-order valence-electron chi connectivity index (χ0n) is 12.9. The van der Waals surface area contributed by atoms with Crippen molar-refractivity contribution in [1.82, 2.24) is 4.90 Å². The molecule has 0 N–H and O–H groups in total. The molecule has 3 rings (SSSR count). The van der Waals surface area contributed by atoms with Gasteiger partial charge in [0, 0.05) is 19.6 Å². The Balaban J connectivity index is 1.74. The smallest absolute Gasteiger partial charge is 0.0957 e. The van der Waals surface area contributed by atoms with Crippen LogP contribution in [0.25, 0.3) is 0 Å². The fourth-order valence-electron chi connectivity index (χ4n) is 3.20. The van der Waals surface area contributed by atoms with Gasteiger partial charge in [0.2, 0.25) is 0 Å². The van der Waals surface area contributed by atoms with Gasteiger partial charge in [-0.15, -0.1) is 0 Å². The van der Waals surface area contributed by atoms with Gasteiger partial charge in [-0.05, 0) is 36.1 Å². The third-order valence-electron chi connectivity index (χ3n) is 4.26. The SMILES string of the molecule is Cc1cccc(C)c1C1CN(Cc2ccccc2)CCO1. The van der Waals surface area contributed by atoms with Gasteiger partial charge in [-0.3, -0.25) is 4.90 Å². The number of ether oxygens (including phenoxy) is 1. The van der Waals surface area contributed by atoms with Crippen LogP contribution in [0.2, 0.25) is 0 Å². The van der Waals surface area contributed by atoms with Crippen molar-refractivity contribution in [3.8, 4) is 0 Å². The van der Waals surface area contributed by atoms with Gasteiger partial charge in [0.25, 0.3) is 0 Å². The quantitative estimate of drug-likeness (QED) is 0.846. The van der Waals surface area contributed by atoms with E-state index in [-0.39, 0.29) is 6.10 Å². The molecule has 0 aliphatic carbocycles. The van der Waals surface area contributed by atoms with Gasteiger partial charge in [-0.1, -0.05) is 48.5 Å². The van der Waals surface area contributed by atoms with Gasteiger partial charge in [0.15, 0.2) is 0 Å². The Morgan fingerprint density at radius 1 is 1.00 bits per heavy atom. The summed E-state index contributed by atoms with van der Waals surface area (Å²) in [7, 11) is 0. The highest BCUT2D eigenvalue weighted by Crippen LogP contribution is 2.28. The maximum absolute atomic E-state index is 6.05. The number of nitrogens with zero attached hydrogens (tertiary/aromatic N) is 1. The molecule has 1 heterocycles. The van der Waals surface area contributed by atoms with Crippen molar-refractivity contribution in [1.29, 1.82) is 0 Å². The molecule has 2 heteroatoms. The maximum Gasteiger partial charge on any atom is 0.0957 e. The van der Waals surface area contributed by atoms with Crippen LogP contribution in [0.3, 0.4) is 0 Å². The molecule has 1 unspecified atom stereocenters. The minimum Gasteiger partial charge on any atom is -0.371 e. The van der Waals surface area contributed by atoms with Crippen LogP contribution in [0.5, 0.6) is 0 Å². The normalized spacial score (nSPS) is 19.6. The second-order valence-corrected chi connectivity index (χ2v) is 5.89. The molecule has 2 aromatic rings. The van der Waals surface area contributed by atoms with Crippen molar-refractivity contribution in [2.45, 2.75) is 26.5 Å². The van der Waals surface area contributed by atoms with E-state index >= 15 is 0 Å². The van der Waals surface area contributed by atoms with Gasteiger partial charge in [-0.25, -0.2) is 0 Å². The molecule has 0 bridgehead atoms. The molecular weight excluding hydrogens is 258 g/mol. The summed E-state index contributed by atoms with van der Waals surface area (Å²) in [6.07, 6.45) is 0.198. The van der Waals surface area contributed by atoms with Crippen molar-refractivity contribution in [3.63, 3.8) is 0 Å². The lowest BCUT2D eigenvalue weighted by atomic mass is 9.97. The van der Waals surface area contributed by atoms with E-state index in [1.165, 1.54) is 22.3 Å². The Labute approximate surface area is 127 Å². The predicted molar refractivity (Wildman–Crippen MR) is 86.3 cm³/mol. The van der Waals surface area contributed by atoms with Gasteiger partial charge >= 0.3 is 0 Å². The van der Waals surface area contributed by atoms with Crippen LogP contribution < -0.4 is 0 Å². The van der Waals surface area contributed by atoms with Gasteiger partial charge in [0.05, 0.1) is 12.7 Å². The summed E-state index contributed by atoms with van der Waals surface area (Å²) in [6.45, 7) is 8.16. The largest absolute Gasteiger partial charge is 0.371 e. The summed E-state index contributed by atoms with van der Waals surface area (Å²) in [5.41, 5.74) is 5.41. The van der Waals surface area contributed by atoms with Crippen molar-refractivity contribution in [3.05, 3.63) is 70.8 Å². The Morgan fingerprint density at radius 3 is 2.43 bits per heavy atom. The Kier molecular flexibility index (Phi) is 4.37. The van der Waals surface area contributed by atoms with Gasteiger partial charge in [-0.2, -0.15) is 0 Å². The minimum atomic E-state index is 0.198. The van der Waals surface area contributed by atoms with E-state index in [1.54, 1.807) is 0 Å². The number of morpholine rings is 1. The van der Waals surface area contributed by atoms with Gasteiger partial charge in [0.1, 0.15) is 0 Å². The summed E-state index contributed by atoms with van der Waals surface area (Å²) in [5.74, 6) is 0. The monoisotopic (exact) mass is 281 g/mol. The molecule has 0 spiro atoms. The average molecular weight is 281 g/mol. The summed E-state index contributed by atoms with van der Waals surface area (Å²) in [6, 6.07) is 17.2. The predicted octanol–water partition coefficient (Wildman–Crippen LogP) is 3.88. The number of rotatable bonds is 3. The number of benzene rings is 2. The van der Waals surface area contributed by atoms with E-state index in [2.05, 4.69) is 67.3 Å². The first-order chi connectivity index (χ1) is 10.2. The standard InChI is InChI=1S/C19H23NO/c1-15-7-6-8-16(2)19(15)18-14-20(11-12-21-18)13-17-9-4-3-5-10-17/h3-10,18H,11-14H2,1-2H3. The number of hydrogen-bond donors (Lipinski definition) is 0. The molecule has 2 nitrogen and oxygen atoms in total. The van der Waals surface area contributed by atoms with E-state index in [1.807, 2.05) is 0 Å². The lowest BCUT2D eigenvalue weighted by Gasteiger charge is -2.34. The van der Waals surface area contributed by atoms with Crippen LogP contribution in [0.4, 0.5) is 0 Å². The number of aryl methyl sites for hydroxylation is 2. The molecule has 1 aliphatic rings. The molecule has 1 fully saturated rings. The highest BCUT2D eigenvalue weighted by atomic mass is 16.5. The highest BCUT2D eigenvalue weighted by molar-refractivity contribution is 5.35. The highest BCUT2D eigenvalue weighted by Gasteiger charge is 2.24. The molecule has 2 aromatic carbocycles. The summed E-state index contributed by atoms with van der Waals surface area (Å²) >= 11 is 0. The van der Waals surface area contributed by atoms with Crippen LogP contribution in [-0.2, 0) is 11.3 Å². The molecule has 0 saturated carbocycles. The molecule has 0 aromatic heterocycles. The molecule has 21 heavy (non-hydrogen) atoms. The topological polar surface area (TPSA) is 12.5 Å². The summed E-state index contributed by atoms with van der Waals surface area (Å²) < 4.78 is 6.05. The van der Waals surface area contributed by atoms with Crippen LogP contribution in [0.1, 0.15) is 28.4 Å². The van der Waals surface area contributed by atoms with E-state index in [0.29, 0.717) is 0 Å². The molecule has 1 saturated heterocycles. The molecule has 0 amide bonds.